The van der Waals surface area contributed by atoms with Crippen LogP contribution in [0.5, 0.6) is 0 Å². The maximum atomic E-state index is 11.1. The molecule has 25 heavy (non-hydrogen) atoms. The summed E-state index contributed by atoms with van der Waals surface area (Å²) in [5.74, 6) is 2.82. The van der Waals surface area contributed by atoms with Gasteiger partial charge in [0.1, 0.15) is 0 Å². The fourth-order valence-corrected chi connectivity index (χ4v) is 4.01. The minimum Gasteiger partial charge on any atom is -0.468 e. The third-order valence-corrected chi connectivity index (χ3v) is 5.73. The van der Waals surface area contributed by atoms with Crippen LogP contribution in [0.3, 0.4) is 0 Å². The summed E-state index contributed by atoms with van der Waals surface area (Å²) in [6, 6.07) is 0. The quantitative estimate of drug-likeness (QED) is 0.220. The van der Waals surface area contributed by atoms with Crippen molar-refractivity contribution in [3.63, 3.8) is 0 Å². The van der Waals surface area contributed by atoms with Crippen LogP contribution >= 0.6 is 35.3 Å². The molecule has 0 radical (unpaired) electrons. The van der Waals surface area contributed by atoms with Gasteiger partial charge in [-0.25, -0.2) is 0 Å². The molecule has 0 atom stereocenters. The van der Waals surface area contributed by atoms with Gasteiger partial charge in [0.15, 0.2) is 0 Å². The Kier molecular flexibility index (Phi) is 16.5. The fourth-order valence-electron chi connectivity index (χ4n) is 1.56. The molecule has 0 spiro atoms. The predicted molar refractivity (Wildman–Crippen MR) is 104 cm³/mol. The highest BCUT2D eigenvalue weighted by Gasteiger charge is 2.09. The Morgan fingerprint density at radius 3 is 1.16 bits per heavy atom. The van der Waals surface area contributed by atoms with E-state index in [9.17, 15) is 14.4 Å². The van der Waals surface area contributed by atoms with Gasteiger partial charge in [0.25, 0.3) is 0 Å². The van der Waals surface area contributed by atoms with Gasteiger partial charge in [-0.3, -0.25) is 14.4 Å². The van der Waals surface area contributed by atoms with E-state index < -0.39 is 0 Å². The second kappa shape index (κ2) is 16.9. The molecule has 0 aromatic heterocycles. The minimum absolute atomic E-state index is 0.223. The monoisotopic (exact) mass is 413 g/mol. The van der Waals surface area contributed by atoms with E-state index in [0.717, 1.165) is 36.9 Å². The largest absolute Gasteiger partial charge is 0.468 e. The summed E-state index contributed by atoms with van der Waals surface area (Å²) in [6.45, 7) is 2.50. The van der Waals surface area contributed by atoms with E-state index in [-0.39, 0.29) is 17.9 Å². The molecule has 0 aliphatic rings. The van der Waals surface area contributed by atoms with Gasteiger partial charge in [-0.1, -0.05) is 0 Å². The fraction of sp³-hybridized carbons (Fsp3) is 0.800. The average molecular weight is 414 g/mol. The van der Waals surface area contributed by atoms with Gasteiger partial charge in [0.05, 0.1) is 38.6 Å². The number of carbonyl (C=O) groups excluding carboxylic acids is 3. The van der Waals surface area contributed by atoms with Crippen molar-refractivity contribution in [2.24, 2.45) is 0 Å². The lowest BCUT2D eigenvalue weighted by Crippen LogP contribution is -2.31. The first-order chi connectivity index (χ1) is 12.0. The van der Waals surface area contributed by atoms with Crippen molar-refractivity contribution in [3.8, 4) is 0 Å². The molecule has 0 aromatic rings. The Bertz CT molecular complexity index is 340. The van der Waals surface area contributed by atoms with Crippen molar-refractivity contribution in [2.75, 3.05) is 75.5 Å². The highest BCUT2D eigenvalue weighted by atomic mass is 32.2. The molecule has 0 bridgehead atoms. The molecular formula is C15H27NO6S3. The molecule has 0 aromatic carbocycles. The van der Waals surface area contributed by atoms with Gasteiger partial charge < -0.3 is 19.1 Å². The van der Waals surface area contributed by atoms with Crippen LogP contribution in [-0.4, -0.2) is 98.3 Å². The first kappa shape index (κ1) is 24.4. The van der Waals surface area contributed by atoms with E-state index in [1.54, 1.807) is 0 Å². The summed E-state index contributed by atoms with van der Waals surface area (Å²) < 4.78 is 13.8. The molecule has 0 saturated carbocycles. The van der Waals surface area contributed by atoms with Gasteiger partial charge in [-0.2, -0.15) is 0 Å². The van der Waals surface area contributed by atoms with Crippen LogP contribution in [0.25, 0.3) is 0 Å². The molecule has 0 saturated heterocycles. The topological polar surface area (TPSA) is 82.1 Å². The van der Waals surface area contributed by atoms with Crippen LogP contribution in [0.15, 0.2) is 0 Å². The lowest BCUT2D eigenvalue weighted by molar-refractivity contribution is -0.138. The van der Waals surface area contributed by atoms with Crippen LogP contribution < -0.4 is 0 Å². The Morgan fingerprint density at radius 2 is 0.920 bits per heavy atom. The maximum absolute atomic E-state index is 11.1. The van der Waals surface area contributed by atoms with Crippen LogP contribution in [0, 0.1) is 0 Å². The number of hydrogen-bond acceptors (Lipinski definition) is 10. The predicted octanol–water partition coefficient (Wildman–Crippen LogP) is 1.01. The molecule has 0 unspecified atom stereocenters. The molecule has 10 heteroatoms. The zero-order valence-corrected chi connectivity index (χ0v) is 17.4. The van der Waals surface area contributed by atoms with Crippen molar-refractivity contribution >= 4 is 53.2 Å². The highest BCUT2D eigenvalue weighted by molar-refractivity contribution is 8.00. The molecule has 0 aliphatic carbocycles. The SMILES string of the molecule is COC(=O)CSCCN(CCSCC(=O)OC)CCSCC(=O)OC. The second-order valence-electron chi connectivity index (χ2n) is 4.73. The first-order valence-electron chi connectivity index (χ1n) is 7.69. The molecule has 0 N–H and O–H groups in total. The molecule has 146 valence electrons. The van der Waals surface area contributed by atoms with E-state index in [1.165, 1.54) is 56.6 Å². The molecule has 0 heterocycles. The van der Waals surface area contributed by atoms with Gasteiger partial charge in [0.2, 0.25) is 0 Å². The normalized spacial score (nSPS) is 10.6. The minimum atomic E-state index is -0.223. The summed E-state index contributed by atoms with van der Waals surface area (Å²) in [7, 11) is 4.14. The summed E-state index contributed by atoms with van der Waals surface area (Å²) >= 11 is 4.60. The average Bonchev–Trinajstić information content (AvgIpc) is 2.63. The molecular weight excluding hydrogens is 386 g/mol. The number of thioether (sulfide) groups is 3. The Morgan fingerprint density at radius 1 is 0.640 bits per heavy atom. The van der Waals surface area contributed by atoms with E-state index in [4.69, 9.17) is 0 Å². The van der Waals surface area contributed by atoms with E-state index >= 15 is 0 Å². The van der Waals surface area contributed by atoms with Gasteiger partial charge in [0, 0.05) is 36.9 Å². The zero-order chi connectivity index (χ0) is 18.9. The van der Waals surface area contributed by atoms with Gasteiger partial charge >= 0.3 is 17.9 Å². The second-order valence-corrected chi connectivity index (χ2v) is 8.04. The molecule has 0 amide bonds. The Labute approximate surface area is 162 Å². The number of esters is 3. The Balaban J connectivity index is 4.05. The van der Waals surface area contributed by atoms with Gasteiger partial charge in [-0.05, 0) is 0 Å². The Hall–Kier alpha value is -0.580. The maximum Gasteiger partial charge on any atom is 0.315 e. The molecule has 0 fully saturated rings. The van der Waals surface area contributed by atoms with Crippen LogP contribution in [0.1, 0.15) is 0 Å². The highest BCUT2D eigenvalue weighted by Crippen LogP contribution is 2.08. The third-order valence-electron chi connectivity index (χ3n) is 3.00. The first-order valence-corrected chi connectivity index (χ1v) is 11.2. The number of ether oxygens (including phenoxy) is 3. The van der Waals surface area contributed by atoms with E-state index in [2.05, 4.69) is 19.1 Å². The smallest absolute Gasteiger partial charge is 0.315 e. The van der Waals surface area contributed by atoms with Crippen LogP contribution in [0.2, 0.25) is 0 Å². The van der Waals surface area contributed by atoms with Crippen molar-refractivity contribution in [1.29, 1.82) is 0 Å². The summed E-state index contributed by atoms with van der Waals surface area (Å²) in [4.78, 5) is 35.6. The standard InChI is InChI=1S/C15H27NO6S3/c1-20-13(17)10-23-7-4-16(5-8-24-11-14(18)21-2)6-9-25-12-15(19)22-3/h4-12H2,1-3H3. The van der Waals surface area contributed by atoms with E-state index in [0.29, 0.717) is 17.3 Å². The molecule has 7 nitrogen and oxygen atoms in total. The number of nitrogens with zero attached hydrogens (tertiary/aromatic N) is 1. The van der Waals surface area contributed by atoms with E-state index in [1.807, 2.05) is 0 Å². The lowest BCUT2D eigenvalue weighted by atomic mass is 10.5. The van der Waals surface area contributed by atoms with Gasteiger partial charge in [-0.15, -0.1) is 35.3 Å². The van der Waals surface area contributed by atoms with Crippen LogP contribution in [0.4, 0.5) is 0 Å². The zero-order valence-electron chi connectivity index (χ0n) is 15.0. The lowest BCUT2D eigenvalue weighted by Gasteiger charge is -2.21. The number of hydrogen-bond donors (Lipinski definition) is 0. The van der Waals surface area contributed by atoms with Crippen molar-refractivity contribution in [1.82, 2.24) is 4.90 Å². The van der Waals surface area contributed by atoms with Crippen molar-refractivity contribution in [2.45, 2.75) is 0 Å². The summed E-state index contributed by atoms with van der Waals surface area (Å²) in [5, 5.41) is 0. The summed E-state index contributed by atoms with van der Waals surface area (Å²) in [5.41, 5.74) is 0. The number of methoxy groups -OCH3 is 3. The van der Waals surface area contributed by atoms with Crippen molar-refractivity contribution < 1.29 is 28.6 Å². The summed E-state index contributed by atoms with van der Waals surface area (Å²) in [6.07, 6.45) is 0. The van der Waals surface area contributed by atoms with Crippen LogP contribution in [-0.2, 0) is 28.6 Å². The number of carbonyl (C=O) groups is 3. The van der Waals surface area contributed by atoms with Crippen molar-refractivity contribution in [3.05, 3.63) is 0 Å². The molecule has 0 rings (SSSR count). The molecule has 0 aliphatic heterocycles. The third kappa shape index (κ3) is 15.4. The number of rotatable bonds is 15.